The molecule has 2 aromatic carbocycles. The Bertz CT molecular complexity index is 1160. The third-order valence-corrected chi connectivity index (χ3v) is 8.68. The maximum absolute atomic E-state index is 12.9. The van der Waals surface area contributed by atoms with Crippen molar-refractivity contribution in [1.82, 2.24) is 4.31 Å². The zero-order valence-electron chi connectivity index (χ0n) is 17.2. The lowest BCUT2D eigenvalue weighted by Crippen LogP contribution is -2.40. The van der Waals surface area contributed by atoms with Gasteiger partial charge in [0, 0.05) is 29.2 Å². The highest BCUT2D eigenvalue weighted by atomic mass is 32.2. The van der Waals surface area contributed by atoms with Gasteiger partial charge in [0.25, 0.3) is 15.9 Å². The second-order valence-electron chi connectivity index (χ2n) is 7.22. The summed E-state index contributed by atoms with van der Waals surface area (Å²) in [5.74, 6) is -0.205. The van der Waals surface area contributed by atoms with E-state index in [0.717, 1.165) is 22.5 Å². The minimum atomic E-state index is -3.53. The smallest absolute Gasteiger partial charge is 0.255 e. The topological polar surface area (TPSA) is 75.7 Å². The van der Waals surface area contributed by atoms with Crippen molar-refractivity contribution in [1.29, 1.82) is 0 Å². The van der Waals surface area contributed by atoms with Crippen LogP contribution in [0.5, 0.6) is 0 Å². The molecule has 0 saturated carbocycles. The summed E-state index contributed by atoms with van der Waals surface area (Å²) in [7, 11) is -3.53. The molecule has 31 heavy (non-hydrogen) atoms. The lowest BCUT2D eigenvalue weighted by Gasteiger charge is -2.25. The number of carbonyl (C=O) groups excluding carboxylic acids is 1. The molecule has 2 heterocycles. The quantitative estimate of drug-likeness (QED) is 0.602. The van der Waals surface area contributed by atoms with Gasteiger partial charge in [-0.2, -0.15) is 4.31 Å². The van der Waals surface area contributed by atoms with Crippen molar-refractivity contribution in [3.8, 4) is 10.4 Å². The zero-order valence-corrected chi connectivity index (χ0v) is 18.8. The summed E-state index contributed by atoms with van der Waals surface area (Å²) in [6, 6.07) is 18.4. The van der Waals surface area contributed by atoms with Gasteiger partial charge in [-0.05, 0) is 53.9 Å². The van der Waals surface area contributed by atoms with Crippen molar-refractivity contribution in [2.45, 2.75) is 17.6 Å². The number of rotatable bonds is 6. The lowest BCUT2D eigenvalue weighted by molar-refractivity contribution is 0.0731. The molecule has 3 aromatic rings. The van der Waals surface area contributed by atoms with Crippen LogP contribution in [0.4, 0.5) is 5.69 Å². The fourth-order valence-electron chi connectivity index (χ4n) is 3.37. The third-order valence-electron chi connectivity index (χ3n) is 5.17. The number of amides is 1. The van der Waals surface area contributed by atoms with Crippen LogP contribution in [-0.4, -0.2) is 44.9 Å². The number of nitrogens with zero attached hydrogens (tertiary/aromatic N) is 1. The van der Waals surface area contributed by atoms with Crippen molar-refractivity contribution >= 4 is 33.0 Å². The number of anilines is 1. The van der Waals surface area contributed by atoms with Crippen molar-refractivity contribution in [2.75, 3.05) is 31.6 Å². The number of benzene rings is 2. The first kappa shape index (κ1) is 21.7. The first-order valence-electron chi connectivity index (χ1n) is 10.2. The molecule has 1 N–H and O–H groups in total. The van der Waals surface area contributed by atoms with Gasteiger partial charge >= 0.3 is 0 Å². The van der Waals surface area contributed by atoms with E-state index < -0.39 is 10.0 Å². The highest BCUT2D eigenvalue weighted by Gasteiger charge is 2.27. The Hall–Kier alpha value is -2.52. The molecule has 1 fully saturated rings. The highest BCUT2D eigenvalue weighted by Crippen LogP contribution is 2.33. The normalized spacial score (nSPS) is 15.0. The Balaban J connectivity index is 1.52. The van der Waals surface area contributed by atoms with E-state index in [1.807, 2.05) is 30.3 Å². The van der Waals surface area contributed by atoms with E-state index in [1.165, 1.54) is 21.2 Å². The number of sulfonamides is 1. The Labute approximate surface area is 186 Å². The maximum atomic E-state index is 12.9. The minimum Gasteiger partial charge on any atom is -0.379 e. The molecule has 6 nitrogen and oxygen atoms in total. The first-order chi connectivity index (χ1) is 15.0. The third kappa shape index (κ3) is 4.88. The van der Waals surface area contributed by atoms with Crippen LogP contribution in [0.15, 0.2) is 64.9 Å². The fourth-order valence-corrected chi connectivity index (χ4v) is 6.23. The standard InChI is InChI=1S/C23H24N2O4S2/c1-2-17-6-8-20(9-7-17)24-23(26)19-5-3-4-18(16-19)21-10-11-22(30-21)31(27,28)25-12-14-29-15-13-25/h3-11,16H,2,12-15H2,1H3,(H,24,26). The summed E-state index contributed by atoms with van der Waals surface area (Å²) in [5.41, 5.74) is 3.27. The summed E-state index contributed by atoms with van der Waals surface area (Å²) >= 11 is 1.21. The number of nitrogens with one attached hydrogen (secondary N) is 1. The molecule has 8 heteroatoms. The van der Waals surface area contributed by atoms with E-state index in [1.54, 1.807) is 30.3 Å². The molecular formula is C23H24N2O4S2. The molecule has 1 saturated heterocycles. The van der Waals surface area contributed by atoms with E-state index >= 15 is 0 Å². The summed E-state index contributed by atoms with van der Waals surface area (Å²) in [4.78, 5) is 13.5. The van der Waals surface area contributed by atoms with Gasteiger partial charge in [-0.15, -0.1) is 11.3 Å². The summed E-state index contributed by atoms with van der Waals surface area (Å²) < 4.78 is 32.8. The monoisotopic (exact) mass is 456 g/mol. The molecule has 0 spiro atoms. The summed E-state index contributed by atoms with van der Waals surface area (Å²) in [6.45, 7) is 3.64. The minimum absolute atomic E-state index is 0.205. The van der Waals surface area contributed by atoms with Gasteiger partial charge < -0.3 is 10.1 Å². The first-order valence-corrected chi connectivity index (χ1v) is 12.4. The molecular weight excluding hydrogens is 432 g/mol. The second-order valence-corrected chi connectivity index (χ2v) is 10.5. The van der Waals surface area contributed by atoms with Crippen molar-refractivity contribution in [3.05, 3.63) is 71.8 Å². The van der Waals surface area contributed by atoms with E-state index in [9.17, 15) is 13.2 Å². The Morgan fingerprint density at radius 2 is 1.81 bits per heavy atom. The SMILES string of the molecule is CCc1ccc(NC(=O)c2cccc(-c3ccc(S(=O)(=O)N4CCOCC4)s3)c2)cc1. The molecule has 1 aliphatic rings. The number of hydrogen-bond acceptors (Lipinski definition) is 5. The average molecular weight is 457 g/mol. The maximum Gasteiger partial charge on any atom is 0.255 e. The second kappa shape index (κ2) is 9.32. The van der Waals surface area contributed by atoms with Gasteiger partial charge in [-0.1, -0.05) is 31.2 Å². The van der Waals surface area contributed by atoms with Crippen LogP contribution in [0.1, 0.15) is 22.8 Å². The zero-order chi connectivity index (χ0) is 21.8. The summed E-state index contributed by atoms with van der Waals surface area (Å²) in [5, 5.41) is 2.91. The molecule has 0 unspecified atom stereocenters. The van der Waals surface area contributed by atoms with Gasteiger partial charge in [0.05, 0.1) is 13.2 Å². The lowest BCUT2D eigenvalue weighted by atomic mass is 10.1. The molecule has 1 aliphatic heterocycles. The van der Waals surface area contributed by atoms with Crippen LogP contribution in [0.2, 0.25) is 0 Å². The summed E-state index contributed by atoms with van der Waals surface area (Å²) in [6.07, 6.45) is 0.945. The molecule has 0 radical (unpaired) electrons. The number of aryl methyl sites for hydroxylation is 1. The van der Waals surface area contributed by atoms with Gasteiger partial charge in [0.1, 0.15) is 4.21 Å². The predicted octanol–water partition coefficient (Wildman–Crippen LogP) is 4.25. The number of hydrogen-bond donors (Lipinski definition) is 1. The van der Waals surface area contributed by atoms with Crippen molar-refractivity contribution in [2.24, 2.45) is 0 Å². The van der Waals surface area contributed by atoms with Crippen molar-refractivity contribution in [3.63, 3.8) is 0 Å². The Kier molecular flexibility index (Phi) is 6.52. The van der Waals surface area contributed by atoms with Crippen LogP contribution in [0.3, 0.4) is 0 Å². The van der Waals surface area contributed by atoms with Crippen LogP contribution < -0.4 is 5.32 Å². The predicted molar refractivity (Wildman–Crippen MR) is 123 cm³/mol. The van der Waals surface area contributed by atoms with Crippen LogP contribution in [0.25, 0.3) is 10.4 Å². The number of carbonyl (C=O) groups is 1. The molecule has 0 atom stereocenters. The van der Waals surface area contributed by atoms with Gasteiger partial charge in [0.15, 0.2) is 0 Å². The molecule has 1 aromatic heterocycles. The largest absolute Gasteiger partial charge is 0.379 e. The van der Waals surface area contributed by atoms with Gasteiger partial charge in [0.2, 0.25) is 0 Å². The number of morpholine rings is 1. The average Bonchev–Trinajstić information content (AvgIpc) is 3.32. The van der Waals surface area contributed by atoms with E-state index in [-0.39, 0.29) is 5.91 Å². The molecule has 0 aliphatic carbocycles. The Morgan fingerprint density at radius 1 is 1.06 bits per heavy atom. The van der Waals surface area contributed by atoms with Crippen LogP contribution >= 0.6 is 11.3 Å². The highest BCUT2D eigenvalue weighted by molar-refractivity contribution is 7.91. The van der Waals surface area contributed by atoms with E-state index in [4.69, 9.17) is 4.74 Å². The van der Waals surface area contributed by atoms with Gasteiger partial charge in [-0.25, -0.2) is 8.42 Å². The van der Waals surface area contributed by atoms with Crippen LogP contribution in [0, 0.1) is 0 Å². The molecule has 0 bridgehead atoms. The number of thiophene rings is 1. The van der Waals surface area contributed by atoms with E-state index in [2.05, 4.69) is 12.2 Å². The van der Waals surface area contributed by atoms with Gasteiger partial charge in [-0.3, -0.25) is 4.79 Å². The van der Waals surface area contributed by atoms with Crippen LogP contribution in [-0.2, 0) is 21.2 Å². The molecule has 162 valence electrons. The molecule has 1 amide bonds. The van der Waals surface area contributed by atoms with E-state index in [0.29, 0.717) is 36.1 Å². The fraction of sp³-hybridized carbons (Fsp3) is 0.261. The van der Waals surface area contributed by atoms with Crippen molar-refractivity contribution < 1.29 is 17.9 Å². The Morgan fingerprint density at radius 3 is 2.52 bits per heavy atom. The number of ether oxygens (including phenoxy) is 1. The molecule has 4 rings (SSSR count).